The lowest BCUT2D eigenvalue weighted by Crippen LogP contribution is -2.46. The Morgan fingerprint density at radius 1 is 1.19 bits per heavy atom. The predicted octanol–water partition coefficient (Wildman–Crippen LogP) is 2.82. The molecule has 0 aromatic carbocycles. The van der Waals surface area contributed by atoms with E-state index in [2.05, 4.69) is 26.9 Å². The van der Waals surface area contributed by atoms with Crippen LogP contribution in [0.3, 0.4) is 0 Å². The number of hydrogen-bond acceptors (Lipinski definition) is 3. The lowest BCUT2D eigenvalue weighted by Gasteiger charge is -2.42. The van der Waals surface area contributed by atoms with Gasteiger partial charge in [-0.3, -0.25) is 9.69 Å². The van der Waals surface area contributed by atoms with Gasteiger partial charge in [-0.1, -0.05) is 6.07 Å². The van der Waals surface area contributed by atoms with Crippen LogP contribution in [0, 0.1) is 5.92 Å². The second kappa shape index (κ2) is 5.14. The molecule has 2 aliphatic rings. The highest BCUT2D eigenvalue weighted by molar-refractivity contribution is 9.10. The van der Waals surface area contributed by atoms with Crippen molar-refractivity contribution >= 4 is 15.9 Å². The molecule has 110 valence electrons. The van der Waals surface area contributed by atoms with Gasteiger partial charge in [0.1, 0.15) is 5.76 Å². The standard InChI is InChI=1S/C16H17BrN2O2/c17-15-5-4-13(21-15)10-18-7-11-6-12(9-18)14-2-1-3-16(20)19(14)8-11/h1-5,11-12H,6-10H2. The van der Waals surface area contributed by atoms with Gasteiger partial charge in [0.15, 0.2) is 4.67 Å². The maximum absolute atomic E-state index is 12.0. The Balaban J connectivity index is 1.58. The zero-order chi connectivity index (χ0) is 14.4. The molecule has 21 heavy (non-hydrogen) atoms. The monoisotopic (exact) mass is 348 g/mol. The number of pyridine rings is 1. The van der Waals surface area contributed by atoms with Crippen molar-refractivity contribution in [3.8, 4) is 0 Å². The van der Waals surface area contributed by atoms with E-state index in [1.807, 2.05) is 22.8 Å². The summed E-state index contributed by atoms with van der Waals surface area (Å²) in [6.07, 6.45) is 1.20. The molecule has 2 aliphatic heterocycles. The maximum Gasteiger partial charge on any atom is 0.250 e. The second-order valence-corrected chi connectivity index (χ2v) is 6.88. The first-order chi connectivity index (χ1) is 10.2. The largest absolute Gasteiger partial charge is 0.453 e. The summed E-state index contributed by atoms with van der Waals surface area (Å²) in [4.78, 5) is 14.4. The molecule has 1 fully saturated rings. The Bertz CT molecular complexity index is 721. The van der Waals surface area contributed by atoms with Crippen LogP contribution in [-0.2, 0) is 13.1 Å². The molecule has 0 amide bonds. The third-order valence-electron chi connectivity index (χ3n) is 4.56. The quantitative estimate of drug-likeness (QED) is 0.837. The van der Waals surface area contributed by atoms with E-state index in [0.717, 1.165) is 36.6 Å². The fourth-order valence-corrected chi connectivity index (χ4v) is 4.12. The molecule has 0 aliphatic carbocycles. The SMILES string of the molecule is O=c1cccc2n1CC1CC2CN(Cc2ccc(Br)o2)C1. The van der Waals surface area contributed by atoms with E-state index in [-0.39, 0.29) is 5.56 Å². The first-order valence-corrected chi connectivity index (χ1v) is 8.14. The normalized spacial score (nSPS) is 24.8. The molecule has 0 N–H and O–H groups in total. The van der Waals surface area contributed by atoms with Crippen LogP contribution >= 0.6 is 15.9 Å². The van der Waals surface area contributed by atoms with Gasteiger partial charge in [0.05, 0.1) is 6.54 Å². The van der Waals surface area contributed by atoms with Gasteiger partial charge in [-0.25, -0.2) is 0 Å². The highest BCUT2D eigenvalue weighted by Gasteiger charge is 2.34. The summed E-state index contributed by atoms with van der Waals surface area (Å²) in [5.41, 5.74) is 1.34. The van der Waals surface area contributed by atoms with E-state index in [0.29, 0.717) is 11.8 Å². The van der Waals surface area contributed by atoms with E-state index in [9.17, 15) is 4.79 Å². The molecule has 4 rings (SSSR count). The van der Waals surface area contributed by atoms with E-state index in [4.69, 9.17) is 4.42 Å². The minimum absolute atomic E-state index is 0.144. The molecule has 5 heteroatoms. The number of rotatable bonds is 2. The van der Waals surface area contributed by atoms with Crippen molar-refractivity contribution in [2.75, 3.05) is 13.1 Å². The van der Waals surface area contributed by atoms with Gasteiger partial charge in [0.2, 0.25) is 0 Å². The molecule has 4 nitrogen and oxygen atoms in total. The van der Waals surface area contributed by atoms with E-state index in [1.165, 1.54) is 12.1 Å². The van der Waals surface area contributed by atoms with Crippen LogP contribution in [0.2, 0.25) is 0 Å². The number of hydrogen-bond donors (Lipinski definition) is 0. The van der Waals surface area contributed by atoms with Gasteiger partial charge >= 0.3 is 0 Å². The Morgan fingerprint density at radius 2 is 2.10 bits per heavy atom. The molecular weight excluding hydrogens is 332 g/mol. The van der Waals surface area contributed by atoms with Crippen LogP contribution < -0.4 is 5.56 Å². The van der Waals surface area contributed by atoms with E-state index in [1.54, 1.807) is 6.07 Å². The molecule has 2 bridgehead atoms. The van der Waals surface area contributed by atoms with Crippen molar-refractivity contribution in [3.63, 3.8) is 0 Å². The average molecular weight is 349 g/mol. The second-order valence-electron chi connectivity index (χ2n) is 6.10. The van der Waals surface area contributed by atoms with Gasteiger partial charge < -0.3 is 8.98 Å². The molecule has 2 atom stereocenters. The third kappa shape index (κ3) is 2.49. The highest BCUT2D eigenvalue weighted by atomic mass is 79.9. The smallest absolute Gasteiger partial charge is 0.250 e. The van der Waals surface area contributed by atoms with Crippen LogP contribution in [0.4, 0.5) is 0 Å². The van der Waals surface area contributed by atoms with Crippen LogP contribution in [0.1, 0.15) is 23.8 Å². The number of piperidine rings is 1. The number of furan rings is 1. The minimum Gasteiger partial charge on any atom is -0.453 e. The van der Waals surface area contributed by atoms with Crippen LogP contribution in [-0.4, -0.2) is 22.6 Å². The molecule has 2 aromatic rings. The van der Waals surface area contributed by atoms with Crippen molar-refractivity contribution in [3.05, 3.63) is 56.8 Å². The molecule has 2 unspecified atom stereocenters. The van der Waals surface area contributed by atoms with Crippen molar-refractivity contribution in [2.24, 2.45) is 5.92 Å². The minimum atomic E-state index is 0.144. The topological polar surface area (TPSA) is 38.4 Å². The molecule has 0 saturated carbocycles. The number of nitrogens with zero attached hydrogens (tertiary/aromatic N) is 2. The average Bonchev–Trinajstić information content (AvgIpc) is 2.85. The van der Waals surface area contributed by atoms with Gasteiger partial charge in [-0.05, 0) is 46.5 Å². The summed E-state index contributed by atoms with van der Waals surface area (Å²) in [6, 6.07) is 9.62. The van der Waals surface area contributed by atoms with Crippen molar-refractivity contribution in [1.29, 1.82) is 0 Å². The number of likely N-dealkylation sites (tertiary alicyclic amines) is 1. The Labute approximate surface area is 131 Å². The van der Waals surface area contributed by atoms with Gasteiger partial charge in [0.25, 0.3) is 5.56 Å². The molecule has 2 aromatic heterocycles. The van der Waals surface area contributed by atoms with Crippen LogP contribution in [0.5, 0.6) is 0 Å². The Hall–Kier alpha value is -1.33. The molecule has 0 radical (unpaired) electrons. The summed E-state index contributed by atoms with van der Waals surface area (Å²) in [7, 11) is 0. The fraction of sp³-hybridized carbons (Fsp3) is 0.438. The van der Waals surface area contributed by atoms with Gasteiger partial charge in [-0.15, -0.1) is 0 Å². The van der Waals surface area contributed by atoms with Crippen molar-refractivity contribution < 1.29 is 4.42 Å². The number of halogens is 1. The molecular formula is C16H17BrN2O2. The lowest BCUT2D eigenvalue weighted by atomic mass is 9.83. The summed E-state index contributed by atoms with van der Waals surface area (Å²) >= 11 is 3.35. The first kappa shape index (κ1) is 13.3. The molecule has 1 saturated heterocycles. The van der Waals surface area contributed by atoms with Crippen molar-refractivity contribution in [2.45, 2.75) is 25.4 Å². The van der Waals surface area contributed by atoms with Crippen molar-refractivity contribution in [1.82, 2.24) is 9.47 Å². The summed E-state index contributed by atoms with van der Waals surface area (Å²) < 4.78 is 8.37. The summed E-state index contributed by atoms with van der Waals surface area (Å²) in [6.45, 7) is 3.73. The van der Waals surface area contributed by atoms with E-state index < -0.39 is 0 Å². The molecule has 0 spiro atoms. The zero-order valence-electron chi connectivity index (χ0n) is 11.7. The fourth-order valence-electron chi connectivity index (χ4n) is 3.78. The van der Waals surface area contributed by atoms with E-state index >= 15 is 0 Å². The molecule has 4 heterocycles. The zero-order valence-corrected chi connectivity index (χ0v) is 13.3. The third-order valence-corrected chi connectivity index (χ3v) is 4.99. The van der Waals surface area contributed by atoms with Gasteiger partial charge in [0, 0.05) is 37.3 Å². The van der Waals surface area contributed by atoms with Gasteiger partial charge in [-0.2, -0.15) is 0 Å². The maximum atomic E-state index is 12.0. The summed E-state index contributed by atoms with van der Waals surface area (Å²) in [5, 5.41) is 0. The number of fused-ring (bicyclic) bond motifs is 4. The lowest BCUT2D eigenvalue weighted by molar-refractivity contribution is 0.107. The predicted molar refractivity (Wildman–Crippen MR) is 83.2 cm³/mol. The van der Waals surface area contributed by atoms with Crippen LogP contribution in [0.25, 0.3) is 0 Å². The Morgan fingerprint density at radius 3 is 2.90 bits per heavy atom. The Kier molecular flexibility index (Phi) is 3.27. The number of aromatic nitrogens is 1. The van der Waals surface area contributed by atoms with Crippen LogP contribution in [0.15, 0.2) is 44.2 Å². The first-order valence-electron chi connectivity index (χ1n) is 7.35. The summed E-state index contributed by atoms with van der Waals surface area (Å²) in [5.74, 6) is 2.02. The highest BCUT2D eigenvalue weighted by Crippen LogP contribution is 2.35.